The Bertz CT molecular complexity index is 529. The second-order valence-electron chi connectivity index (χ2n) is 2.86. The van der Waals surface area contributed by atoms with Crippen LogP contribution in [-0.4, -0.2) is 11.7 Å². The topological polar surface area (TPSA) is 34.2 Å². The number of aromatic nitrogens is 1. The van der Waals surface area contributed by atoms with Gasteiger partial charge < -0.3 is 0 Å². The molecule has 0 radical (unpaired) electrons. The number of hydrazine groups is 1. The molecule has 0 fully saturated rings. The normalized spacial score (nSPS) is 10.8. The molecule has 0 unspecified atom stereocenters. The van der Waals surface area contributed by atoms with Crippen molar-refractivity contribution in [3.05, 3.63) is 28.1 Å². The third-order valence-corrected chi connectivity index (χ3v) is 3.34. The van der Waals surface area contributed by atoms with Crippen LogP contribution in [-0.2, 0) is 0 Å². The molecule has 2 N–H and O–H groups in total. The zero-order valence-electron chi connectivity index (χ0n) is 7.40. The maximum absolute atomic E-state index is 13.5. The van der Waals surface area contributed by atoms with E-state index in [9.17, 15) is 4.39 Å². The highest BCUT2D eigenvalue weighted by atomic mass is 32.1. The predicted molar refractivity (Wildman–Crippen MR) is 58.9 cm³/mol. The van der Waals surface area contributed by atoms with Crippen LogP contribution in [0.3, 0.4) is 0 Å². The van der Waals surface area contributed by atoms with Crippen LogP contribution >= 0.6 is 23.6 Å². The highest BCUT2D eigenvalue weighted by molar-refractivity contribution is 7.71. The lowest BCUT2D eigenvalue weighted by Gasteiger charge is -2.16. The first-order valence-corrected chi connectivity index (χ1v) is 5.17. The van der Waals surface area contributed by atoms with Gasteiger partial charge in [0.2, 0.25) is 0 Å². The summed E-state index contributed by atoms with van der Waals surface area (Å²) in [6, 6.07) is 1.71. The molecule has 3 nitrogen and oxygen atoms in total. The molecule has 6 heteroatoms. The molecule has 0 aromatic carbocycles. The van der Waals surface area contributed by atoms with Crippen LogP contribution in [0, 0.1) is 10.5 Å². The van der Waals surface area contributed by atoms with E-state index in [1.165, 1.54) is 27.3 Å². The maximum Gasteiger partial charge on any atom is 0.150 e. The van der Waals surface area contributed by atoms with E-state index in [0.717, 1.165) is 4.70 Å². The van der Waals surface area contributed by atoms with E-state index in [1.807, 2.05) is 5.38 Å². The van der Waals surface area contributed by atoms with Crippen molar-refractivity contribution in [1.29, 1.82) is 0 Å². The lowest BCUT2D eigenvalue weighted by atomic mass is 10.3. The fraction of sp³-hybridized carbons (Fsp3) is 0.125. The SMILES string of the molecule is CN(N)n1cc(F)c2ccsc2c1=S. The molecular formula is C8H8FN3S2. The van der Waals surface area contributed by atoms with Gasteiger partial charge in [0.25, 0.3) is 0 Å². The number of pyridine rings is 1. The molecule has 0 saturated heterocycles. The molecule has 2 rings (SSSR count). The van der Waals surface area contributed by atoms with Crippen molar-refractivity contribution in [3.63, 3.8) is 0 Å². The van der Waals surface area contributed by atoms with Gasteiger partial charge in [0.15, 0.2) is 0 Å². The van der Waals surface area contributed by atoms with Gasteiger partial charge in [-0.1, -0.05) is 12.2 Å². The Morgan fingerprint density at radius 3 is 3.00 bits per heavy atom. The van der Waals surface area contributed by atoms with Gasteiger partial charge in [-0.3, -0.25) is 5.12 Å². The molecule has 0 spiro atoms. The fourth-order valence-electron chi connectivity index (χ4n) is 1.24. The molecular weight excluding hydrogens is 221 g/mol. The number of thiophene rings is 1. The zero-order chi connectivity index (χ0) is 10.3. The highest BCUT2D eigenvalue weighted by Gasteiger charge is 2.07. The van der Waals surface area contributed by atoms with Gasteiger partial charge in [0.05, 0.1) is 10.9 Å². The van der Waals surface area contributed by atoms with E-state index in [4.69, 9.17) is 18.1 Å². The van der Waals surface area contributed by atoms with Crippen LogP contribution in [0.4, 0.5) is 4.39 Å². The number of hydrogen-bond acceptors (Lipinski definition) is 4. The summed E-state index contributed by atoms with van der Waals surface area (Å²) in [5.74, 6) is 5.20. The standard InChI is InChI=1S/C8H8FN3S2/c1-11(10)12-4-6(9)5-2-3-14-7(5)8(12)13/h2-4H,10H2,1H3. The molecule has 0 atom stereocenters. The first kappa shape index (κ1) is 9.57. The Morgan fingerprint density at radius 1 is 1.64 bits per heavy atom. The van der Waals surface area contributed by atoms with E-state index in [-0.39, 0.29) is 5.82 Å². The molecule has 0 bridgehead atoms. The van der Waals surface area contributed by atoms with Crippen molar-refractivity contribution in [2.75, 3.05) is 12.2 Å². The monoisotopic (exact) mass is 229 g/mol. The van der Waals surface area contributed by atoms with Crippen molar-refractivity contribution in [1.82, 2.24) is 4.68 Å². The third-order valence-electron chi connectivity index (χ3n) is 1.90. The third kappa shape index (κ3) is 1.31. The molecule has 2 aromatic heterocycles. The number of halogens is 1. The molecule has 14 heavy (non-hydrogen) atoms. The van der Waals surface area contributed by atoms with E-state index in [2.05, 4.69) is 0 Å². The number of nitrogens with two attached hydrogens (primary N) is 1. The van der Waals surface area contributed by atoms with Gasteiger partial charge in [0, 0.05) is 12.4 Å². The van der Waals surface area contributed by atoms with Crippen LogP contribution in [0.2, 0.25) is 0 Å². The Labute approximate surface area is 89.1 Å². The minimum absolute atomic E-state index is 0.313. The highest BCUT2D eigenvalue weighted by Crippen LogP contribution is 2.24. The van der Waals surface area contributed by atoms with Crippen molar-refractivity contribution in [3.8, 4) is 0 Å². The van der Waals surface area contributed by atoms with E-state index >= 15 is 0 Å². The van der Waals surface area contributed by atoms with Crippen molar-refractivity contribution in [2.45, 2.75) is 0 Å². The summed E-state index contributed by atoms with van der Waals surface area (Å²) in [5.41, 5.74) is 0. The average Bonchev–Trinajstić information content (AvgIpc) is 2.59. The minimum atomic E-state index is -0.313. The average molecular weight is 229 g/mol. The number of nitrogens with zero attached hydrogens (tertiary/aromatic N) is 2. The number of hydrogen-bond donors (Lipinski definition) is 1. The first-order valence-electron chi connectivity index (χ1n) is 3.88. The minimum Gasteiger partial charge on any atom is -0.251 e. The predicted octanol–water partition coefficient (Wildman–Crippen LogP) is 2.01. The molecule has 0 saturated carbocycles. The van der Waals surface area contributed by atoms with Crippen molar-refractivity contribution >= 4 is 33.6 Å². The van der Waals surface area contributed by atoms with E-state index in [0.29, 0.717) is 10.0 Å². The van der Waals surface area contributed by atoms with E-state index < -0.39 is 0 Å². The second-order valence-corrected chi connectivity index (χ2v) is 4.17. The lowest BCUT2D eigenvalue weighted by Crippen LogP contribution is -2.37. The van der Waals surface area contributed by atoms with Gasteiger partial charge in [0.1, 0.15) is 10.5 Å². The van der Waals surface area contributed by atoms with Crippen LogP contribution < -0.4 is 11.0 Å². The summed E-state index contributed by atoms with van der Waals surface area (Å²) < 4.78 is 16.2. The van der Waals surface area contributed by atoms with E-state index in [1.54, 1.807) is 13.1 Å². The molecule has 0 amide bonds. The van der Waals surface area contributed by atoms with Gasteiger partial charge >= 0.3 is 0 Å². The fourth-order valence-corrected chi connectivity index (χ4v) is 2.50. The summed E-state index contributed by atoms with van der Waals surface area (Å²) in [4.78, 5) is 0. The largest absolute Gasteiger partial charge is 0.251 e. The molecule has 0 aliphatic heterocycles. The first-order chi connectivity index (χ1) is 6.61. The van der Waals surface area contributed by atoms with Crippen molar-refractivity contribution in [2.24, 2.45) is 5.84 Å². The van der Waals surface area contributed by atoms with Gasteiger partial charge in [-0.2, -0.15) is 0 Å². The lowest BCUT2D eigenvalue weighted by molar-refractivity contribution is 0.592. The Hall–Kier alpha value is -0.980. The van der Waals surface area contributed by atoms with Crippen molar-refractivity contribution < 1.29 is 4.39 Å². The zero-order valence-corrected chi connectivity index (χ0v) is 9.03. The molecule has 2 aromatic rings. The summed E-state index contributed by atoms with van der Waals surface area (Å²) in [6.45, 7) is 0. The number of rotatable bonds is 1. The van der Waals surface area contributed by atoms with Crippen LogP contribution in [0.15, 0.2) is 17.6 Å². The Balaban J connectivity index is 2.89. The van der Waals surface area contributed by atoms with Crippen LogP contribution in [0.25, 0.3) is 10.1 Å². The Kier molecular flexibility index (Phi) is 2.26. The molecule has 0 aliphatic carbocycles. The number of fused-ring (bicyclic) bond motifs is 1. The second kappa shape index (κ2) is 3.30. The van der Waals surface area contributed by atoms with Crippen LogP contribution in [0.5, 0.6) is 0 Å². The van der Waals surface area contributed by atoms with Crippen LogP contribution in [0.1, 0.15) is 0 Å². The summed E-state index contributed by atoms with van der Waals surface area (Å²) >= 11 is 6.58. The molecule has 2 heterocycles. The maximum atomic E-state index is 13.5. The smallest absolute Gasteiger partial charge is 0.150 e. The van der Waals surface area contributed by atoms with Gasteiger partial charge in [-0.25, -0.2) is 14.9 Å². The Morgan fingerprint density at radius 2 is 2.36 bits per heavy atom. The quantitative estimate of drug-likeness (QED) is 0.461. The molecule has 74 valence electrons. The molecule has 0 aliphatic rings. The summed E-state index contributed by atoms with van der Waals surface area (Å²) in [6.07, 6.45) is 1.29. The summed E-state index contributed by atoms with van der Waals surface area (Å²) in [5, 5.41) is 3.62. The van der Waals surface area contributed by atoms with Gasteiger partial charge in [-0.05, 0) is 11.4 Å². The summed E-state index contributed by atoms with van der Waals surface area (Å²) in [7, 11) is 1.61. The van der Waals surface area contributed by atoms with Gasteiger partial charge in [-0.15, -0.1) is 11.3 Å².